The van der Waals surface area contributed by atoms with Crippen LogP contribution in [0.25, 0.3) is 16.7 Å². The quantitative estimate of drug-likeness (QED) is 0.688. The third-order valence-corrected chi connectivity index (χ3v) is 3.92. The Hall–Kier alpha value is -2.69. The number of carbonyl (C=O) groups excluding carboxylic acids is 1. The van der Waals surface area contributed by atoms with Crippen molar-refractivity contribution in [1.82, 2.24) is 24.7 Å². The monoisotopic (exact) mass is 426 g/mol. The smallest absolute Gasteiger partial charge is 0.304 e. The van der Waals surface area contributed by atoms with E-state index in [1.54, 1.807) is 6.07 Å². The number of carbonyl (C=O) groups is 1. The van der Waals surface area contributed by atoms with E-state index in [2.05, 4.69) is 41.3 Å². The third-order valence-electron chi connectivity index (χ3n) is 3.33. The third kappa shape index (κ3) is 3.47. The summed E-state index contributed by atoms with van der Waals surface area (Å²) in [5, 5.41) is 7.44. The molecule has 0 bridgehead atoms. The summed E-state index contributed by atoms with van der Waals surface area (Å²) in [6.07, 6.45) is 1.50. The van der Waals surface area contributed by atoms with E-state index in [9.17, 15) is 13.6 Å². The van der Waals surface area contributed by atoms with Crippen molar-refractivity contribution >= 4 is 38.6 Å². The normalized spacial score (nSPS) is 11.6. The van der Waals surface area contributed by atoms with Crippen LogP contribution >= 0.6 is 15.9 Å². The van der Waals surface area contributed by atoms with E-state index in [1.807, 2.05) is 0 Å². The number of hydrogen-bond acceptors (Lipinski definition) is 6. The van der Waals surface area contributed by atoms with Crippen LogP contribution < -0.4 is 10.1 Å². The molecule has 11 heteroatoms. The second-order valence-electron chi connectivity index (χ2n) is 5.45. The van der Waals surface area contributed by atoms with Gasteiger partial charge in [-0.1, -0.05) is 0 Å². The van der Waals surface area contributed by atoms with Crippen LogP contribution in [0.1, 0.15) is 19.7 Å². The van der Waals surface area contributed by atoms with E-state index < -0.39 is 11.7 Å². The molecule has 0 aliphatic heterocycles. The van der Waals surface area contributed by atoms with Gasteiger partial charge in [-0.05, 0) is 15.9 Å². The zero-order valence-electron chi connectivity index (χ0n) is 13.9. The number of aromatic nitrogens is 5. The van der Waals surface area contributed by atoms with Gasteiger partial charge in [0.25, 0.3) is 0 Å². The van der Waals surface area contributed by atoms with Crippen molar-refractivity contribution in [2.24, 2.45) is 0 Å². The van der Waals surface area contributed by atoms with Crippen LogP contribution in [0.2, 0.25) is 0 Å². The number of pyridine rings is 1. The molecule has 0 spiro atoms. The van der Waals surface area contributed by atoms with Gasteiger partial charge in [-0.15, -0.1) is 0 Å². The Morgan fingerprint density at radius 3 is 2.69 bits per heavy atom. The highest BCUT2D eigenvalue weighted by Crippen LogP contribution is 2.30. The Morgan fingerprint density at radius 2 is 2.08 bits per heavy atom. The fourth-order valence-corrected chi connectivity index (χ4v) is 2.68. The lowest BCUT2D eigenvalue weighted by Gasteiger charge is -2.12. The van der Waals surface area contributed by atoms with Gasteiger partial charge in [0.15, 0.2) is 5.82 Å². The van der Waals surface area contributed by atoms with Crippen molar-refractivity contribution in [3.8, 4) is 11.7 Å². The average molecular weight is 427 g/mol. The maximum atomic E-state index is 13.7. The number of nitrogens with zero attached hydrogens (tertiary/aromatic N) is 5. The molecule has 0 unspecified atom stereocenters. The van der Waals surface area contributed by atoms with Gasteiger partial charge < -0.3 is 10.1 Å². The Labute approximate surface area is 154 Å². The van der Waals surface area contributed by atoms with Crippen LogP contribution in [-0.2, 0) is 10.7 Å². The molecule has 0 aliphatic carbocycles. The summed E-state index contributed by atoms with van der Waals surface area (Å²) in [4.78, 5) is 23.0. The SMILES string of the molecule is COc1cc(-n2nc(Br)c3cnc(NC(C)=O)cc32)nc(C(C)(F)F)n1. The Balaban J connectivity index is 2.23. The van der Waals surface area contributed by atoms with E-state index in [-0.39, 0.29) is 17.6 Å². The van der Waals surface area contributed by atoms with Gasteiger partial charge >= 0.3 is 5.92 Å². The van der Waals surface area contributed by atoms with Crippen LogP contribution in [-0.4, -0.2) is 37.7 Å². The Morgan fingerprint density at radius 1 is 1.35 bits per heavy atom. The fourth-order valence-electron chi connectivity index (χ4n) is 2.22. The molecule has 0 atom stereocenters. The standard InChI is InChI=1S/C15H13BrF2N6O2/c1-7(25)20-10-4-9-8(6-19-10)13(16)23-24(9)11-5-12(26-3)22-14(21-11)15(2,17)18/h4-6H,1-3H3,(H,19,20,25). The molecule has 0 saturated carbocycles. The van der Waals surface area contributed by atoms with Crippen molar-refractivity contribution in [3.63, 3.8) is 0 Å². The molecule has 0 aliphatic rings. The number of methoxy groups -OCH3 is 1. The molecule has 8 nitrogen and oxygen atoms in total. The second-order valence-corrected chi connectivity index (χ2v) is 6.20. The number of alkyl halides is 2. The molecule has 0 saturated heterocycles. The maximum absolute atomic E-state index is 13.7. The fraction of sp³-hybridized carbons (Fsp3) is 0.267. The molecule has 0 fully saturated rings. The number of halogens is 3. The van der Waals surface area contributed by atoms with Crippen LogP contribution in [0.15, 0.2) is 22.9 Å². The lowest BCUT2D eigenvalue weighted by Crippen LogP contribution is -2.15. The molecular formula is C15H13BrF2N6O2. The zero-order chi connectivity index (χ0) is 19.1. The van der Waals surface area contributed by atoms with Crippen LogP contribution in [0.5, 0.6) is 5.88 Å². The van der Waals surface area contributed by atoms with Crippen molar-refractivity contribution in [3.05, 3.63) is 28.8 Å². The summed E-state index contributed by atoms with van der Waals surface area (Å²) in [6.45, 7) is 2.05. The zero-order valence-corrected chi connectivity index (χ0v) is 15.5. The lowest BCUT2D eigenvalue weighted by atomic mass is 10.3. The van der Waals surface area contributed by atoms with Gasteiger partial charge in [0.1, 0.15) is 10.4 Å². The highest BCUT2D eigenvalue weighted by Gasteiger charge is 2.30. The van der Waals surface area contributed by atoms with Gasteiger partial charge in [-0.3, -0.25) is 4.79 Å². The first kappa shape index (κ1) is 18.1. The maximum Gasteiger partial charge on any atom is 0.304 e. The number of fused-ring (bicyclic) bond motifs is 1. The largest absolute Gasteiger partial charge is 0.481 e. The van der Waals surface area contributed by atoms with Crippen LogP contribution in [0.4, 0.5) is 14.6 Å². The van der Waals surface area contributed by atoms with Crippen molar-refractivity contribution in [1.29, 1.82) is 0 Å². The van der Waals surface area contributed by atoms with E-state index >= 15 is 0 Å². The number of amides is 1. The minimum atomic E-state index is -3.26. The van der Waals surface area contributed by atoms with Gasteiger partial charge in [0, 0.05) is 32.2 Å². The number of anilines is 1. The average Bonchev–Trinajstić information content (AvgIpc) is 2.89. The van der Waals surface area contributed by atoms with Crippen molar-refractivity contribution in [2.75, 3.05) is 12.4 Å². The minimum Gasteiger partial charge on any atom is -0.481 e. The number of ether oxygens (including phenoxy) is 1. The molecule has 3 heterocycles. The summed E-state index contributed by atoms with van der Waals surface area (Å²) >= 11 is 3.30. The van der Waals surface area contributed by atoms with Crippen molar-refractivity contribution in [2.45, 2.75) is 19.8 Å². The van der Waals surface area contributed by atoms with Gasteiger partial charge in [-0.2, -0.15) is 18.9 Å². The highest BCUT2D eigenvalue weighted by molar-refractivity contribution is 9.10. The summed E-state index contributed by atoms with van der Waals surface area (Å²) in [5.41, 5.74) is 0.502. The first-order chi connectivity index (χ1) is 12.2. The molecule has 3 rings (SSSR count). The highest BCUT2D eigenvalue weighted by atomic mass is 79.9. The second kappa shape index (κ2) is 6.56. The minimum absolute atomic E-state index is 0.0255. The van der Waals surface area contributed by atoms with E-state index in [1.165, 1.54) is 31.0 Å². The molecule has 26 heavy (non-hydrogen) atoms. The summed E-state index contributed by atoms with van der Waals surface area (Å²) < 4.78 is 34.2. The van der Waals surface area contributed by atoms with Crippen molar-refractivity contribution < 1.29 is 18.3 Å². The van der Waals surface area contributed by atoms with Crippen LogP contribution in [0, 0.1) is 0 Å². The number of nitrogens with one attached hydrogen (secondary N) is 1. The molecule has 3 aromatic rings. The lowest BCUT2D eigenvalue weighted by molar-refractivity contribution is -0.114. The molecule has 3 aromatic heterocycles. The predicted molar refractivity (Wildman–Crippen MR) is 92.6 cm³/mol. The van der Waals surface area contributed by atoms with E-state index in [0.717, 1.165) is 0 Å². The topological polar surface area (TPSA) is 94.8 Å². The Bertz CT molecular complexity index is 1000. The first-order valence-electron chi connectivity index (χ1n) is 7.32. The van der Waals surface area contributed by atoms with Gasteiger partial charge in [-0.25, -0.2) is 14.6 Å². The van der Waals surface area contributed by atoms with E-state index in [4.69, 9.17) is 4.74 Å². The molecule has 136 valence electrons. The van der Waals surface area contributed by atoms with Gasteiger partial charge in [0.2, 0.25) is 17.6 Å². The first-order valence-corrected chi connectivity index (χ1v) is 8.12. The predicted octanol–water partition coefficient (Wildman–Crippen LogP) is 3.05. The summed E-state index contributed by atoms with van der Waals surface area (Å²) in [7, 11) is 1.32. The van der Waals surface area contributed by atoms with E-state index in [0.29, 0.717) is 28.2 Å². The molecule has 0 radical (unpaired) electrons. The number of rotatable bonds is 4. The molecule has 1 amide bonds. The Kier molecular flexibility index (Phi) is 4.57. The van der Waals surface area contributed by atoms with Gasteiger partial charge in [0.05, 0.1) is 18.0 Å². The molecular weight excluding hydrogens is 414 g/mol. The number of hydrogen-bond donors (Lipinski definition) is 1. The molecule has 0 aromatic carbocycles. The van der Waals surface area contributed by atoms with Crippen LogP contribution in [0.3, 0.4) is 0 Å². The summed E-state index contributed by atoms with van der Waals surface area (Å²) in [5.74, 6) is -3.89. The summed E-state index contributed by atoms with van der Waals surface area (Å²) in [6, 6.07) is 2.94. The molecule has 1 N–H and O–H groups in total.